The number of hydrogen-bond donors (Lipinski definition) is 1. The zero-order valence-corrected chi connectivity index (χ0v) is 14.3. The largest absolute Gasteiger partial charge is 0.423 e. The minimum atomic E-state index is -0.440. The van der Waals surface area contributed by atoms with Gasteiger partial charge in [-0.3, -0.25) is 4.79 Å². The number of anilines is 1. The molecule has 0 saturated heterocycles. The highest BCUT2D eigenvalue weighted by Crippen LogP contribution is 2.30. The van der Waals surface area contributed by atoms with Gasteiger partial charge in [0.05, 0.1) is 5.02 Å². The lowest BCUT2D eigenvalue weighted by Crippen LogP contribution is -2.06. The number of nitrogens with zero attached hydrogens (tertiary/aromatic N) is 1. The number of thioether (sulfide) groups is 1. The van der Waals surface area contributed by atoms with Gasteiger partial charge in [-0.15, -0.1) is 11.8 Å². The summed E-state index contributed by atoms with van der Waals surface area (Å²) in [6.07, 6.45) is 1.67. The molecule has 1 aromatic carbocycles. The number of halogens is 1. The standard InChI is InChI=1S/C17H13ClN2O3S/c1-10(21)20-12-4-5-13-11(7-16(22)23-15(13)8-12)9-24-17-14(18)3-2-6-19-17/h2-8H,9H2,1H3,(H,20,21). The van der Waals surface area contributed by atoms with Crippen LogP contribution in [0.25, 0.3) is 11.0 Å². The molecule has 0 bridgehead atoms. The summed E-state index contributed by atoms with van der Waals surface area (Å²) in [5.41, 5.74) is 1.39. The first-order valence-corrected chi connectivity index (χ1v) is 8.47. The average molecular weight is 361 g/mol. The zero-order valence-electron chi connectivity index (χ0n) is 12.7. The lowest BCUT2D eigenvalue weighted by atomic mass is 10.1. The maximum absolute atomic E-state index is 11.8. The van der Waals surface area contributed by atoms with Gasteiger partial charge in [-0.05, 0) is 29.8 Å². The second-order valence-electron chi connectivity index (χ2n) is 5.06. The summed E-state index contributed by atoms with van der Waals surface area (Å²) in [7, 11) is 0. The number of aromatic nitrogens is 1. The van der Waals surface area contributed by atoms with Crippen LogP contribution in [0.2, 0.25) is 5.02 Å². The normalized spacial score (nSPS) is 10.8. The molecule has 5 nitrogen and oxygen atoms in total. The number of benzene rings is 1. The van der Waals surface area contributed by atoms with Crippen molar-refractivity contribution in [3.63, 3.8) is 0 Å². The minimum Gasteiger partial charge on any atom is -0.423 e. The number of carbonyl (C=O) groups excluding carboxylic acids is 1. The van der Waals surface area contributed by atoms with E-state index in [0.717, 1.165) is 10.9 Å². The van der Waals surface area contributed by atoms with E-state index in [9.17, 15) is 9.59 Å². The average Bonchev–Trinajstić information content (AvgIpc) is 2.52. The summed E-state index contributed by atoms with van der Waals surface area (Å²) in [6.45, 7) is 1.42. The summed E-state index contributed by atoms with van der Waals surface area (Å²) in [5.74, 6) is 0.339. The monoisotopic (exact) mass is 360 g/mol. The van der Waals surface area contributed by atoms with Gasteiger partial charge in [0, 0.05) is 42.1 Å². The van der Waals surface area contributed by atoms with Gasteiger partial charge in [-0.1, -0.05) is 11.6 Å². The molecule has 0 aliphatic carbocycles. The number of hydrogen-bond acceptors (Lipinski definition) is 5. The van der Waals surface area contributed by atoms with E-state index >= 15 is 0 Å². The van der Waals surface area contributed by atoms with Crippen molar-refractivity contribution >= 4 is 45.9 Å². The Labute approximate surface area is 147 Å². The fraction of sp³-hybridized carbons (Fsp3) is 0.118. The molecule has 2 heterocycles. The molecule has 122 valence electrons. The zero-order chi connectivity index (χ0) is 17.1. The number of pyridine rings is 1. The molecule has 3 aromatic rings. The van der Waals surface area contributed by atoms with E-state index in [1.807, 2.05) is 6.07 Å². The van der Waals surface area contributed by atoms with Gasteiger partial charge >= 0.3 is 5.63 Å². The Kier molecular flexibility index (Phi) is 4.87. The van der Waals surface area contributed by atoms with Crippen LogP contribution in [0.5, 0.6) is 0 Å². The number of carbonyl (C=O) groups is 1. The molecule has 2 aromatic heterocycles. The van der Waals surface area contributed by atoms with Gasteiger partial charge in [0.15, 0.2) is 0 Å². The summed E-state index contributed by atoms with van der Waals surface area (Å²) in [5, 5.41) is 4.75. The van der Waals surface area contributed by atoms with Gasteiger partial charge in [-0.2, -0.15) is 0 Å². The van der Waals surface area contributed by atoms with Crippen LogP contribution < -0.4 is 10.9 Å². The van der Waals surface area contributed by atoms with E-state index in [1.165, 1.54) is 24.8 Å². The highest BCUT2D eigenvalue weighted by Gasteiger charge is 2.09. The SMILES string of the molecule is CC(=O)Nc1ccc2c(CSc3ncccc3Cl)cc(=O)oc2c1. The Morgan fingerprint density at radius 3 is 2.92 bits per heavy atom. The first kappa shape index (κ1) is 16.5. The Bertz CT molecular complexity index is 971. The van der Waals surface area contributed by atoms with Crippen molar-refractivity contribution in [1.82, 2.24) is 4.98 Å². The van der Waals surface area contributed by atoms with Crippen molar-refractivity contribution < 1.29 is 9.21 Å². The van der Waals surface area contributed by atoms with Gasteiger partial charge in [0.2, 0.25) is 5.91 Å². The number of rotatable bonds is 4. The molecule has 0 saturated carbocycles. The van der Waals surface area contributed by atoms with Crippen molar-refractivity contribution in [2.45, 2.75) is 17.7 Å². The molecule has 0 aliphatic heterocycles. The fourth-order valence-corrected chi connectivity index (χ4v) is 3.41. The second kappa shape index (κ2) is 7.07. The first-order chi connectivity index (χ1) is 11.5. The van der Waals surface area contributed by atoms with Crippen LogP contribution in [0.15, 0.2) is 56.8 Å². The van der Waals surface area contributed by atoms with Crippen LogP contribution in [0.3, 0.4) is 0 Å². The third kappa shape index (κ3) is 3.77. The van der Waals surface area contributed by atoms with Crippen molar-refractivity contribution in [3.8, 4) is 0 Å². The van der Waals surface area contributed by atoms with E-state index in [-0.39, 0.29) is 5.91 Å². The number of fused-ring (bicyclic) bond motifs is 1. The molecule has 24 heavy (non-hydrogen) atoms. The molecule has 0 spiro atoms. The molecule has 3 rings (SSSR count). The molecule has 0 unspecified atom stereocenters. The smallest absolute Gasteiger partial charge is 0.336 e. The van der Waals surface area contributed by atoms with Crippen molar-refractivity contribution in [2.24, 2.45) is 0 Å². The van der Waals surface area contributed by atoms with Crippen molar-refractivity contribution in [2.75, 3.05) is 5.32 Å². The lowest BCUT2D eigenvalue weighted by Gasteiger charge is -2.08. The number of nitrogens with one attached hydrogen (secondary N) is 1. The van der Waals surface area contributed by atoms with Crippen LogP contribution in [-0.4, -0.2) is 10.9 Å². The van der Waals surface area contributed by atoms with Crippen molar-refractivity contribution in [1.29, 1.82) is 0 Å². The van der Waals surface area contributed by atoms with Crippen LogP contribution in [0, 0.1) is 0 Å². The molecule has 0 atom stereocenters. The van der Waals surface area contributed by atoms with E-state index in [0.29, 0.717) is 27.1 Å². The van der Waals surface area contributed by atoms with Crippen molar-refractivity contribution in [3.05, 3.63) is 63.6 Å². The van der Waals surface area contributed by atoms with Gasteiger partial charge in [-0.25, -0.2) is 9.78 Å². The summed E-state index contributed by atoms with van der Waals surface area (Å²) in [6, 6.07) is 10.2. The Balaban J connectivity index is 1.94. The number of amides is 1. The van der Waals surface area contributed by atoms with E-state index in [1.54, 1.807) is 30.5 Å². The van der Waals surface area contributed by atoms with Gasteiger partial charge < -0.3 is 9.73 Å². The Morgan fingerprint density at radius 2 is 2.17 bits per heavy atom. The second-order valence-corrected chi connectivity index (χ2v) is 6.43. The summed E-state index contributed by atoms with van der Waals surface area (Å²) in [4.78, 5) is 27.2. The van der Waals surface area contributed by atoms with Crippen LogP contribution >= 0.6 is 23.4 Å². The van der Waals surface area contributed by atoms with Crippen LogP contribution in [0.4, 0.5) is 5.69 Å². The molecule has 1 N–H and O–H groups in total. The third-order valence-electron chi connectivity index (χ3n) is 3.24. The molecule has 0 aliphatic rings. The molecule has 0 radical (unpaired) electrons. The fourth-order valence-electron chi connectivity index (χ4n) is 2.25. The maximum atomic E-state index is 11.8. The molecule has 1 amide bonds. The highest BCUT2D eigenvalue weighted by atomic mass is 35.5. The topological polar surface area (TPSA) is 72.2 Å². The van der Waals surface area contributed by atoms with Crippen LogP contribution in [-0.2, 0) is 10.5 Å². The van der Waals surface area contributed by atoms with Gasteiger partial charge in [0.25, 0.3) is 0 Å². The first-order valence-electron chi connectivity index (χ1n) is 7.10. The molecule has 7 heteroatoms. The third-order valence-corrected chi connectivity index (χ3v) is 4.71. The van der Waals surface area contributed by atoms with E-state index in [4.69, 9.17) is 16.0 Å². The lowest BCUT2D eigenvalue weighted by molar-refractivity contribution is -0.114. The predicted molar refractivity (Wildman–Crippen MR) is 95.6 cm³/mol. The summed E-state index contributed by atoms with van der Waals surface area (Å²) < 4.78 is 5.24. The Morgan fingerprint density at radius 1 is 1.33 bits per heavy atom. The summed E-state index contributed by atoms with van der Waals surface area (Å²) >= 11 is 7.55. The van der Waals surface area contributed by atoms with E-state index < -0.39 is 5.63 Å². The molecular weight excluding hydrogens is 348 g/mol. The quantitative estimate of drug-likeness (QED) is 0.560. The molecule has 0 fully saturated rings. The Hall–Kier alpha value is -2.31. The van der Waals surface area contributed by atoms with Crippen LogP contribution in [0.1, 0.15) is 12.5 Å². The predicted octanol–water partition coefficient (Wildman–Crippen LogP) is 4.09. The highest BCUT2D eigenvalue weighted by molar-refractivity contribution is 7.98. The molecular formula is C17H13ClN2O3S. The maximum Gasteiger partial charge on any atom is 0.336 e. The minimum absolute atomic E-state index is 0.187. The van der Waals surface area contributed by atoms with E-state index in [2.05, 4.69) is 10.3 Å². The van der Waals surface area contributed by atoms with Gasteiger partial charge in [0.1, 0.15) is 10.6 Å².